The minimum atomic E-state index is -4.74. The number of hydrogen-bond acceptors (Lipinski definition) is 8. The van der Waals surface area contributed by atoms with Crippen molar-refractivity contribution in [3.8, 4) is 11.4 Å². The number of alkyl carbamates (subject to hydrolysis) is 1. The van der Waals surface area contributed by atoms with E-state index in [1.165, 1.54) is 30.5 Å². The number of carbonyl (C=O) groups excluding carboxylic acids is 2. The quantitative estimate of drug-likeness (QED) is 0.171. The monoisotopic (exact) mass is 794 g/mol. The van der Waals surface area contributed by atoms with Crippen molar-refractivity contribution in [2.45, 2.75) is 95.2 Å². The molecule has 2 aromatic heterocycles. The standard InChI is InChI=1S/C35H37ClF6N10O3/c1-32(2,3)16-34(19-5-8-21(24(37)13-19)25-14-45-52(49-25)20-6-7-20)28(53)50(30(43)47-34)26(15-55-31(54)48-33(10-11-33)35(40,41)42)18-4-9-23(36)22(12-18)27-44-17-46-51(27)29(38)39/h4,8-9,12-14,17,19-20,26,29H,5-7,10-11,15-16H2,1-3H3,(H2,43,47)(H,48,54)/t19?,26-,34-/m1/s1. The van der Waals surface area contributed by atoms with Crippen molar-refractivity contribution in [1.82, 2.24) is 45.3 Å². The molecular formula is C35H37ClF6N10O3. The van der Waals surface area contributed by atoms with E-state index in [1.807, 2.05) is 26.1 Å². The normalized spacial score (nSPS) is 23.0. The molecule has 1 unspecified atom stereocenters. The van der Waals surface area contributed by atoms with E-state index in [-0.39, 0.29) is 59.3 Å². The molecule has 7 rings (SSSR count). The lowest BCUT2D eigenvalue weighted by atomic mass is 9.69. The Balaban J connectivity index is 1.24. The van der Waals surface area contributed by atoms with Crippen molar-refractivity contribution in [1.29, 1.82) is 5.41 Å². The number of benzene rings is 1. The molecule has 0 radical (unpaired) electrons. The Morgan fingerprint density at radius 1 is 1.18 bits per heavy atom. The van der Waals surface area contributed by atoms with Gasteiger partial charge in [0.2, 0.25) is 0 Å². The highest BCUT2D eigenvalue weighted by Crippen LogP contribution is 2.49. The molecule has 0 spiro atoms. The van der Waals surface area contributed by atoms with Gasteiger partial charge in [0, 0.05) is 17.1 Å². The van der Waals surface area contributed by atoms with Crippen LogP contribution in [0.1, 0.15) is 89.2 Å². The summed E-state index contributed by atoms with van der Waals surface area (Å²) in [6.07, 6.45) is 0.508. The zero-order valence-corrected chi connectivity index (χ0v) is 30.6. The van der Waals surface area contributed by atoms with Gasteiger partial charge in [0.15, 0.2) is 11.8 Å². The molecule has 3 fully saturated rings. The largest absolute Gasteiger partial charge is 0.447 e. The number of allylic oxidation sites excluding steroid dienone is 3. The average molecular weight is 795 g/mol. The molecule has 2 saturated carbocycles. The molecule has 3 aromatic rings. The number of guanidine groups is 1. The third kappa shape index (κ3) is 7.29. The number of nitrogens with one attached hydrogen (secondary N) is 3. The smallest absolute Gasteiger partial charge is 0.411 e. The first kappa shape index (κ1) is 38.3. The SMILES string of the molecule is CC(C)(C)C[C@]1(C2C=C(F)C(c3cnn(C4CC4)n3)=CC2)NC(=N)N([C@H](COC(=O)NC2(C(F)(F)F)CC2)c2ccc(Cl)c(-c3ncnn3C(F)F)c2)C1=O. The second kappa shape index (κ2) is 13.7. The molecule has 1 saturated heterocycles. The van der Waals surface area contributed by atoms with Gasteiger partial charge in [0.1, 0.15) is 35.5 Å². The van der Waals surface area contributed by atoms with E-state index < -0.39 is 71.6 Å². The molecule has 294 valence electrons. The van der Waals surface area contributed by atoms with Crippen LogP contribution < -0.4 is 10.6 Å². The van der Waals surface area contributed by atoms with E-state index >= 15 is 4.39 Å². The fourth-order valence-corrected chi connectivity index (χ4v) is 7.42. The first-order valence-corrected chi connectivity index (χ1v) is 17.9. The third-order valence-electron chi connectivity index (χ3n) is 10.2. The zero-order chi connectivity index (χ0) is 39.7. The van der Waals surface area contributed by atoms with E-state index in [4.69, 9.17) is 21.7 Å². The molecule has 3 heterocycles. The maximum Gasteiger partial charge on any atom is 0.411 e. The summed E-state index contributed by atoms with van der Waals surface area (Å²) in [4.78, 5) is 34.3. The van der Waals surface area contributed by atoms with Crippen molar-refractivity contribution < 1.29 is 40.7 Å². The Morgan fingerprint density at radius 2 is 1.91 bits per heavy atom. The van der Waals surface area contributed by atoms with E-state index in [2.05, 4.69) is 25.6 Å². The summed E-state index contributed by atoms with van der Waals surface area (Å²) in [5.74, 6) is -3.03. The number of amides is 2. The average Bonchev–Trinajstić information content (AvgIpc) is 3.97. The van der Waals surface area contributed by atoms with Gasteiger partial charge in [0.05, 0.1) is 23.3 Å². The van der Waals surface area contributed by atoms with E-state index in [0.717, 1.165) is 24.1 Å². The van der Waals surface area contributed by atoms with Crippen molar-refractivity contribution in [3.05, 3.63) is 65.0 Å². The number of ether oxygens (including phenoxy) is 1. The molecule has 3 N–H and O–H groups in total. The molecule has 13 nitrogen and oxygen atoms in total. The van der Waals surface area contributed by atoms with Crippen molar-refractivity contribution in [2.75, 3.05) is 6.61 Å². The number of hydrogen-bond donors (Lipinski definition) is 3. The number of nitrogens with zero attached hydrogens (tertiary/aromatic N) is 7. The van der Waals surface area contributed by atoms with Gasteiger partial charge in [-0.1, -0.05) is 44.5 Å². The summed E-state index contributed by atoms with van der Waals surface area (Å²) >= 11 is 6.42. The van der Waals surface area contributed by atoms with Crippen LogP contribution in [0.5, 0.6) is 0 Å². The van der Waals surface area contributed by atoms with Gasteiger partial charge < -0.3 is 15.4 Å². The summed E-state index contributed by atoms with van der Waals surface area (Å²) in [6.45, 7) is 1.70. The fraction of sp³-hybridized carbons (Fsp3) is 0.514. The van der Waals surface area contributed by atoms with Crippen molar-refractivity contribution in [3.63, 3.8) is 0 Å². The Morgan fingerprint density at radius 3 is 2.53 bits per heavy atom. The van der Waals surface area contributed by atoms with Crippen molar-refractivity contribution >= 4 is 35.1 Å². The molecule has 4 aliphatic rings. The number of aromatic nitrogens is 6. The molecule has 0 bridgehead atoms. The molecule has 2 amide bonds. The number of halogens is 7. The lowest BCUT2D eigenvalue weighted by molar-refractivity contribution is -0.164. The zero-order valence-electron chi connectivity index (χ0n) is 29.8. The van der Waals surface area contributed by atoms with Crippen molar-refractivity contribution in [2.24, 2.45) is 11.3 Å². The summed E-state index contributed by atoms with van der Waals surface area (Å²) in [5.41, 5.74) is -4.09. The Hall–Kier alpha value is -4.94. The first-order chi connectivity index (χ1) is 25.8. The molecule has 1 aliphatic heterocycles. The molecular weight excluding hydrogens is 758 g/mol. The molecule has 3 atom stereocenters. The van der Waals surface area contributed by atoms with Gasteiger partial charge in [-0.2, -0.15) is 46.7 Å². The fourth-order valence-electron chi connectivity index (χ4n) is 7.22. The number of alkyl halides is 5. The molecule has 55 heavy (non-hydrogen) atoms. The van der Waals surface area contributed by atoms with Crippen LogP contribution in [0.25, 0.3) is 17.0 Å². The van der Waals surface area contributed by atoms with Gasteiger partial charge in [-0.3, -0.25) is 15.1 Å². The van der Waals surface area contributed by atoms with Crippen LogP contribution >= 0.6 is 11.6 Å². The van der Waals surface area contributed by atoms with Crippen LogP contribution in [-0.4, -0.2) is 76.5 Å². The topological polar surface area (TPSA) is 156 Å². The van der Waals surface area contributed by atoms with Crippen LogP contribution in [0, 0.1) is 16.7 Å². The van der Waals surface area contributed by atoms with Crippen LogP contribution in [0.3, 0.4) is 0 Å². The minimum absolute atomic E-state index is 0.0393. The second-order valence-electron chi connectivity index (χ2n) is 15.5. The summed E-state index contributed by atoms with van der Waals surface area (Å²) in [5, 5.41) is 26.2. The van der Waals surface area contributed by atoms with Crippen LogP contribution in [0.2, 0.25) is 5.02 Å². The Labute approximate surface area is 315 Å². The summed E-state index contributed by atoms with van der Waals surface area (Å²) in [6, 6.07) is 2.77. The molecule has 20 heteroatoms. The lowest BCUT2D eigenvalue weighted by Crippen LogP contribution is -2.55. The maximum atomic E-state index is 16.0. The molecule has 3 aliphatic carbocycles. The number of rotatable bonds is 11. The van der Waals surface area contributed by atoms with Gasteiger partial charge in [-0.05, 0) is 67.7 Å². The number of carbonyl (C=O) groups is 2. The van der Waals surface area contributed by atoms with Gasteiger partial charge >= 0.3 is 18.8 Å². The first-order valence-electron chi connectivity index (χ1n) is 17.5. The minimum Gasteiger partial charge on any atom is -0.447 e. The highest BCUT2D eigenvalue weighted by atomic mass is 35.5. The van der Waals surface area contributed by atoms with Gasteiger partial charge in [-0.15, -0.1) is 0 Å². The van der Waals surface area contributed by atoms with Gasteiger partial charge in [-0.25, -0.2) is 14.2 Å². The maximum absolute atomic E-state index is 16.0. The summed E-state index contributed by atoms with van der Waals surface area (Å²) < 4.78 is 90.4. The lowest BCUT2D eigenvalue weighted by Gasteiger charge is -2.39. The van der Waals surface area contributed by atoms with Crippen LogP contribution in [0.15, 0.2) is 48.7 Å². The van der Waals surface area contributed by atoms with E-state index in [1.54, 1.807) is 10.9 Å². The second-order valence-corrected chi connectivity index (χ2v) is 15.9. The van der Waals surface area contributed by atoms with Crippen LogP contribution in [0.4, 0.5) is 31.1 Å². The Kier molecular flexibility index (Phi) is 9.53. The predicted molar refractivity (Wildman–Crippen MR) is 185 cm³/mol. The Bertz CT molecular complexity index is 2080. The van der Waals surface area contributed by atoms with Gasteiger partial charge in [0.25, 0.3) is 5.91 Å². The summed E-state index contributed by atoms with van der Waals surface area (Å²) in [7, 11) is 0. The molecule has 1 aromatic carbocycles. The third-order valence-corrected chi connectivity index (χ3v) is 10.5. The van der Waals surface area contributed by atoms with E-state index in [0.29, 0.717) is 10.4 Å². The highest BCUT2D eigenvalue weighted by Gasteiger charge is 2.65. The predicted octanol–water partition coefficient (Wildman–Crippen LogP) is 7.28. The van der Waals surface area contributed by atoms with Crippen LogP contribution in [-0.2, 0) is 9.53 Å². The van der Waals surface area contributed by atoms with E-state index in [9.17, 15) is 31.5 Å². The highest BCUT2D eigenvalue weighted by molar-refractivity contribution is 6.33.